The first-order valence-corrected chi connectivity index (χ1v) is 12.6. The first kappa shape index (κ1) is 13.8. The van der Waals surface area contributed by atoms with E-state index in [0.717, 1.165) is 29.6 Å². The molecule has 0 aromatic heterocycles. The van der Waals surface area contributed by atoms with E-state index in [0.29, 0.717) is 0 Å². The highest BCUT2D eigenvalue weighted by Gasteiger charge is 2.74. The SMILES string of the molecule is C1=CC2CC1C1CC3C4CC5C3C(CC3CCCC6C7CC(C36)C4C75)C21. The Morgan fingerprint density at radius 2 is 1.12 bits per heavy atom. The molecule has 0 amide bonds. The van der Waals surface area contributed by atoms with Crippen LogP contribution < -0.4 is 0 Å². The third-order valence-corrected chi connectivity index (χ3v) is 13.0. The smallest absolute Gasteiger partial charge is 0.0194 e. The first-order chi connectivity index (χ1) is 12.9. The van der Waals surface area contributed by atoms with Crippen molar-refractivity contribution < 1.29 is 0 Å². The summed E-state index contributed by atoms with van der Waals surface area (Å²) in [6.45, 7) is 0. The van der Waals surface area contributed by atoms with Crippen molar-refractivity contribution in [3.63, 3.8) is 0 Å². The molecule has 11 aliphatic rings. The maximum atomic E-state index is 2.70. The van der Waals surface area contributed by atoms with E-state index in [1.807, 2.05) is 0 Å². The molecule has 26 heavy (non-hydrogen) atoms. The lowest BCUT2D eigenvalue weighted by Crippen LogP contribution is -2.49. The Hall–Kier alpha value is -0.260. The molecule has 0 heteroatoms. The molecule has 11 rings (SSSR count). The Labute approximate surface area is 158 Å². The summed E-state index contributed by atoms with van der Waals surface area (Å²) in [6.07, 6.45) is 18.6. The third kappa shape index (κ3) is 1.26. The first-order valence-electron chi connectivity index (χ1n) is 12.6. The van der Waals surface area contributed by atoms with Gasteiger partial charge in [0.15, 0.2) is 0 Å². The molecule has 138 valence electrons. The molecule has 14 bridgehead atoms. The molecule has 11 aliphatic carbocycles. The van der Waals surface area contributed by atoms with Gasteiger partial charge in [0.1, 0.15) is 0 Å². The molecule has 0 aromatic rings. The number of hydrogen-bond acceptors (Lipinski definition) is 0. The van der Waals surface area contributed by atoms with Crippen molar-refractivity contribution in [2.24, 2.45) is 94.7 Å². The average molecular weight is 347 g/mol. The van der Waals surface area contributed by atoms with Gasteiger partial charge < -0.3 is 0 Å². The van der Waals surface area contributed by atoms with E-state index in [4.69, 9.17) is 0 Å². The van der Waals surface area contributed by atoms with Gasteiger partial charge in [0.05, 0.1) is 0 Å². The quantitative estimate of drug-likeness (QED) is 0.498. The van der Waals surface area contributed by atoms with Crippen LogP contribution in [0.4, 0.5) is 0 Å². The second-order valence-electron chi connectivity index (χ2n) is 12.8. The number of allylic oxidation sites excluding steroid dienone is 2. The Morgan fingerprint density at radius 1 is 0.423 bits per heavy atom. The van der Waals surface area contributed by atoms with Crippen LogP contribution in [0.5, 0.6) is 0 Å². The maximum Gasteiger partial charge on any atom is -0.0194 e. The van der Waals surface area contributed by atoms with E-state index in [1.165, 1.54) is 65.1 Å². The van der Waals surface area contributed by atoms with Gasteiger partial charge in [-0.2, -0.15) is 0 Å². The Balaban J connectivity index is 1.26. The fraction of sp³-hybridized carbons (Fsp3) is 0.923. The molecule has 10 saturated carbocycles. The maximum absolute atomic E-state index is 2.70. The van der Waals surface area contributed by atoms with Crippen LogP contribution in [0.1, 0.15) is 51.4 Å². The van der Waals surface area contributed by atoms with E-state index in [-0.39, 0.29) is 0 Å². The normalized spacial score (nSPS) is 75.1. The standard InChI is InChI=1S/C26H34/c1-2-12-7-19-23-13-5-4-11(6-13)15(23)8-17-18-10-21(24(17)19)25-16-9-20(26(18)25)22(12)14(16)3-1/h4-5,11-26H,1-3,6-10H2. The minimum atomic E-state index is 1.01. The van der Waals surface area contributed by atoms with Crippen molar-refractivity contribution in [3.8, 4) is 0 Å². The summed E-state index contributed by atoms with van der Waals surface area (Å²) in [5.74, 6) is 18.7. The van der Waals surface area contributed by atoms with Crippen LogP contribution in [-0.4, -0.2) is 0 Å². The summed E-state index contributed by atoms with van der Waals surface area (Å²) in [7, 11) is 0. The van der Waals surface area contributed by atoms with Gasteiger partial charge in [-0.05, 0) is 133 Å². The fourth-order valence-corrected chi connectivity index (χ4v) is 13.3. The zero-order valence-electron chi connectivity index (χ0n) is 16.0. The summed E-state index contributed by atoms with van der Waals surface area (Å²) >= 11 is 0. The molecule has 0 spiro atoms. The van der Waals surface area contributed by atoms with Crippen molar-refractivity contribution in [1.82, 2.24) is 0 Å². The Kier molecular flexibility index (Phi) is 2.23. The predicted molar refractivity (Wildman–Crippen MR) is 102 cm³/mol. The summed E-state index contributed by atoms with van der Waals surface area (Å²) in [5, 5.41) is 0. The van der Waals surface area contributed by atoms with Crippen LogP contribution >= 0.6 is 0 Å². The van der Waals surface area contributed by atoms with Crippen LogP contribution in [0, 0.1) is 94.7 Å². The minimum absolute atomic E-state index is 1.01. The van der Waals surface area contributed by atoms with Gasteiger partial charge in [-0.25, -0.2) is 0 Å². The molecule has 0 saturated heterocycles. The van der Waals surface area contributed by atoms with Gasteiger partial charge in [-0.1, -0.05) is 25.0 Å². The highest BCUT2D eigenvalue weighted by molar-refractivity contribution is 5.25. The van der Waals surface area contributed by atoms with Crippen LogP contribution in [0.25, 0.3) is 0 Å². The van der Waals surface area contributed by atoms with E-state index in [1.54, 1.807) is 51.4 Å². The Bertz CT molecular complexity index is 718. The molecule has 0 heterocycles. The molecule has 0 radical (unpaired) electrons. The lowest BCUT2D eigenvalue weighted by atomic mass is 9.51. The summed E-state index contributed by atoms with van der Waals surface area (Å²) < 4.78 is 0. The fourth-order valence-electron chi connectivity index (χ4n) is 13.3. The molecule has 10 fully saturated rings. The van der Waals surface area contributed by atoms with Gasteiger partial charge in [-0.15, -0.1) is 0 Å². The van der Waals surface area contributed by atoms with Crippen LogP contribution in [0.3, 0.4) is 0 Å². The summed E-state index contributed by atoms with van der Waals surface area (Å²) in [4.78, 5) is 0. The predicted octanol–water partition coefficient (Wildman–Crippen LogP) is 5.65. The average Bonchev–Trinajstić information content (AvgIpc) is 3.45. The zero-order chi connectivity index (χ0) is 16.3. The van der Waals surface area contributed by atoms with Gasteiger partial charge in [-0.3, -0.25) is 0 Å². The molecular weight excluding hydrogens is 312 g/mol. The monoisotopic (exact) mass is 346 g/mol. The van der Waals surface area contributed by atoms with Crippen molar-refractivity contribution in [2.45, 2.75) is 51.4 Å². The van der Waals surface area contributed by atoms with Gasteiger partial charge >= 0.3 is 0 Å². The molecule has 0 aromatic carbocycles. The van der Waals surface area contributed by atoms with Crippen LogP contribution in [0.15, 0.2) is 12.2 Å². The third-order valence-electron chi connectivity index (χ3n) is 13.0. The van der Waals surface area contributed by atoms with E-state index < -0.39 is 0 Å². The van der Waals surface area contributed by atoms with Crippen molar-refractivity contribution in [3.05, 3.63) is 12.2 Å². The largest absolute Gasteiger partial charge is 0.0848 e. The highest BCUT2D eigenvalue weighted by atomic mass is 14.8. The van der Waals surface area contributed by atoms with E-state index >= 15 is 0 Å². The minimum Gasteiger partial charge on any atom is -0.0848 e. The second-order valence-corrected chi connectivity index (χ2v) is 12.8. The summed E-state index contributed by atoms with van der Waals surface area (Å²) in [6, 6.07) is 0. The highest BCUT2D eigenvalue weighted by Crippen LogP contribution is 2.80. The van der Waals surface area contributed by atoms with E-state index in [9.17, 15) is 0 Å². The molecule has 0 N–H and O–H groups in total. The number of hydrogen-bond donors (Lipinski definition) is 0. The molecular formula is C26H34. The second kappa shape index (κ2) is 4.18. The van der Waals surface area contributed by atoms with Crippen molar-refractivity contribution >= 4 is 0 Å². The molecule has 16 unspecified atom stereocenters. The molecule has 16 atom stereocenters. The zero-order valence-corrected chi connectivity index (χ0v) is 16.0. The van der Waals surface area contributed by atoms with Crippen LogP contribution in [-0.2, 0) is 0 Å². The molecule has 0 aliphatic heterocycles. The van der Waals surface area contributed by atoms with Gasteiger partial charge in [0.2, 0.25) is 0 Å². The molecule has 0 nitrogen and oxygen atoms in total. The van der Waals surface area contributed by atoms with Crippen molar-refractivity contribution in [1.29, 1.82) is 0 Å². The van der Waals surface area contributed by atoms with Gasteiger partial charge in [0.25, 0.3) is 0 Å². The number of rotatable bonds is 0. The van der Waals surface area contributed by atoms with E-state index in [2.05, 4.69) is 12.2 Å². The topological polar surface area (TPSA) is 0 Å². The lowest BCUT2D eigenvalue weighted by Gasteiger charge is -2.54. The lowest BCUT2D eigenvalue weighted by molar-refractivity contribution is -0.0558. The Morgan fingerprint density at radius 3 is 2.04 bits per heavy atom. The number of fused-ring (bicyclic) bond motifs is 5. The van der Waals surface area contributed by atoms with Crippen LogP contribution in [0.2, 0.25) is 0 Å². The van der Waals surface area contributed by atoms with Gasteiger partial charge in [0, 0.05) is 0 Å². The summed E-state index contributed by atoms with van der Waals surface area (Å²) in [5.41, 5.74) is 0. The van der Waals surface area contributed by atoms with Crippen molar-refractivity contribution in [2.75, 3.05) is 0 Å².